The van der Waals surface area contributed by atoms with Crippen LogP contribution in [0.1, 0.15) is 32.6 Å². The van der Waals surface area contributed by atoms with E-state index >= 15 is 0 Å². The molecule has 0 aromatic heterocycles. The molecule has 0 aliphatic carbocycles. The second-order valence-electron chi connectivity index (χ2n) is 4.45. The first kappa shape index (κ1) is 10.7. The fraction of sp³-hybridized carbons (Fsp3) is 0.909. The molecule has 2 heterocycles. The molecule has 2 rings (SSSR count). The number of cyclic esters (lactones) is 1. The van der Waals surface area contributed by atoms with E-state index in [1.54, 1.807) is 0 Å². The van der Waals surface area contributed by atoms with Gasteiger partial charge in [-0.3, -0.25) is 0 Å². The molecule has 2 atom stereocenters. The van der Waals surface area contributed by atoms with Crippen molar-refractivity contribution in [3.8, 4) is 0 Å². The molecule has 2 aliphatic rings. The van der Waals surface area contributed by atoms with E-state index in [0.29, 0.717) is 12.6 Å². The van der Waals surface area contributed by atoms with Crippen LogP contribution >= 0.6 is 0 Å². The summed E-state index contributed by atoms with van der Waals surface area (Å²) in [6.07, 6.45) is 4.69. The maximum absolute atomic E-state index is 10.9. The second-order valence-corrected chi connectivity index (χ2v) is 4.45. The van der Waals surface area contributed by atoms with Gasteiger partial charge in [-0.25, -0.2) is 4.79 Å². The lowest BCUT2D eigenvalue weighted by molar-refractivity contribution is 0.135. The smallest absolute Gasteiger partial charge is 0.407 e. The number of ether oxygens (including phenoxy) is 1. The number of hydrogen-bond acceptors (Lipinski definition) is 3. The summed E-state index contributed by atoms with van der Waals surface area (Å²) >= 11 is 0. The van der Waals surface area contributed by atoms with Gasteiger partial charge in [0.15, 0.2) is 0 Å². The van der Waals surface area contributed by atoms with Crippen molar-refractivity contribution in [2.45, 2.75) is 44.7 Å². The molecular weight excluding hydrogens is 192 g/mol. The van der Waals surface area contributed by atoms with Crippen LogP contribution in [0.5, 0.6) is 0 Å². The van der Waals surface area contributed by atoms with Gasteiger partial charge in [-0.05, 0) is 32.4 Å². The van der Waals surface area contributed by atoms with Crippen LogP contribution < -0.4 is 5.32 Å². The van der Waals surface area contributed by atoms with E-state index < -0.39 is 0 Å². The third-order valence-electron chi connectivity index (χ3n) is 3.45. The SMILES string of the molecule is CCN1CCCCC1CC1COC(=O)N1. The Bertz CT molecular complexity index is 233. The molecule has 4 nitrogen and oxygen atoms in total. The van der Waals surface area contributed by atoms with E-state index in [-0.39, 0.29) is 12.1 Å². The van der Waals surface area contributed by atoms with Crippen LogP contribution in [-0.2, 0) is 4.74 Å². The predicted molar refractivity (Wildman–Crippen MR) is 57.8 cm³/mol. The number of alkyl carbamates (subject to hydrolysis) is 1. The maximum atomic E-state index is 10.9. The molecule has 2 unspecified atom stereocenters. The number of hydrogen-bond donors (Lipinski definition) is 1. The molecule has 0 aromatic rings. The zero-order valence-corrected chi connectivity index (χ0v) is 9.37. The number of carbonyl (C=O) groups is 1. The van der Waals surface area contributed by atoms with Gasteiger partial charge in [-0.2, -0.15) is 0 Å². The van der Waals surface area contributed by atoms with E-state index in [2.05, 4.69) is 17.1 Å². The molecule has 86 valence electrons. The number of piperidine rings is 1. The normalized spacial score (nSPS) is 32.5. The lowest BCUT2D eigenvalue weighted by Gasteiger charge is -2.35. The molecule has 0 radical (unpaired) electrons. The Morgan fingerprint density at radius 3 is 3.07 bits per heavy atom. The van der Waals surface area contributed by atoms with Crippen LogP contribution in [-0.4, -0.2) is 42.8 Å². The zero-order valence-electron chi connectivity index (χ0n) is 9.37. The number of carbonyl (C=O) groups excluding carboxylic acids is 1. The van der Waals surface area contributed by atoms with Gasteiger partial charge >= 0.3 is 6.09 Å². The number of nitrogens with zero attached hydrogens (tertiary/aromatic N) is 1. The van der Waals surface area contributed by atoms with Crippen LogP contribution in [0.3, 0.4) is 0 Å². The molecule has 1 N–H and O–H groups in total. The van der Waals surface area contributed by atoms with E-state index in [9.17, 15) is 4.79 Å². The summed E-state index contributed by atoms with van der Waals surface area (Å²) in [5.41, 5.74) is 0. The first-order valence-electron chi connectivity index (χ1n) is 5.97. The quantitative estimate of drug-likeness (QED) is 0.768. The largest absolute Gasteiger partial charge is 0.447 e. The summed E-state index contributed by atoms with van der Waals surface area (Å²) in [6, 6.07) is 0.866. The van der Waals surface area contributed by atoms with Gasteiger partial charge in [-0.15, -0.1) is 0 Å². The number of likely N-dealkylation sites (tertiary alicyclic amines) is 1. The molecule has 0 saturated carbocycles. The van der Waals surface area contributed by atoms with Gasteiger partial charge in [0, 0.05) is 6.04 Å². The average molecular weight is 212 g/mol. The molecule has 4 heteroatoms. The van der Waals surface area contributed by atoms with Crippen molar-refractivity contribution in [3.63, 3.8) is 0 Å². The van der Waals surface area contributed by atoms with Gasteiger partial charge in [0.05, 0.1) is 6.04 Å². The summed E-state index contributed by atoms with van der Waals surface area (Å²) in [7, 11) is 0. The molecule has 0 aromatic carbocycles. The highest BCUT2D eigenvalue weighted by Crippen LogP contribution is 2.21. The predicted octanol–water partition coefficient (Wildman–Crippen LogP) is 1.36. The Morgan fingerprint density at radius 1 is 1.53 bits per heavy atom. The Kier molecular flexibility index (Phi) is 3.46. The first-order chi connectivity index (χ1) is 7.29. The van der Waals surface area contributed by atoms with E-state index in [1.165, 1.54) is 25.8 Å². The molecule has 0 bridgehead atoms. The van der Waals surface area contributed by atoms with Crippen molar-refractivity contribution in [3.05, 3.63) is 0 Å². The summed E-state index contributed by atoms with van der Waals surface area (Å²) < 4.78 is 4.91. The minimum absolute atomic E-state index is 0.231. The fourth-order valence-corrected chi connectivity index (χ4v) is 2.62. The Balaban J connectivity index is 1.83. The molecule has 1 amide bonds. The summed E-state index contributed by atoms with van der Waals surface area (Å²) in [6.45, 7) is 5.09. The minimum Gasteiger partial charge on any atom is -0.447 e. The first-order valence-corrected chi connectivity index (χ1v) is 5.97. The van der Waals surface area contributed by atoms with Crippen LogP contribution in [0, 0.1) is 0 Å². The van der Waals surface area contributed by atoms with Crippen molar-refractivity contribution >= 4 is 6.09 Å². The molecular formula is C11H20N2O2. The van der Waals surface area contributed by atoms with Gasteiger partial charge in [0.25, 0.3) is 0 Å². The monoisotopic (exact) mass is 212 g/mol. The van der Waals surface area contributed by atoms with Crippen LogP contribution in [0.15, 0.2) is 0 Å². The molecule has 2 aliphatic heterocycles. The highest BCUT2D eigenvalue weighted by atomic mass is 16.6. The molecule has 15 heavy (non-hydrogen) atoms. The molecule has 2 fully saturated rings. The minimum atomic E-state index is -0.251. The Labute approximate surface area is 91.0 Å². The van der Waals surface area contributed by atoms with Crippen molar-refractivity contribution in [2.75, 3.05) is 19.7 Å². The highest BCUT2D eigenvalue weighted by molar-refractivity contribution is 5.69. The van der Waals surface area contributed by atoms with Crippen LogP contribution in [0.25, 0.3) is 0 Å². The third kappa shape index (κ3) is 2.62. The number of amides is 1. The fourth-order valence-electron chi connectivity index (χ4n) is 2.62. The van der Waals surface area contributed by atoms with Crippen molar-refractivity contribution in [1.82, 2.24) is 10.2 Å². The Hall–Kier alpha value is -0.770. The van der Waals surface area contributed by atoms with E-state index in [4.69, 9.17) is 4.74 Å². The summed E-state index contributed by atoms with van der Waals surface area (Å²) in [5.74, 6) is 0. The van der Waals surface area contributed by atoms with E-state index in [1.807, 2.05) is 0 Å². The second kappa shape index (κ2) is 4.84. The molecule has 0 spiro atoms. The Morgan fingerprint density at radius 2 is 2.40 bits per heavy atom. The standard InChI is InChI=1S/C11H20N2O2/c1-2-13-6-4-3-5-10(13)7-9-8-15-11(14)12-9/h9-10H,2-8H2,1H3,(H,12,14). The van der Waals surface area contributed by atoms with Gasteiger partial charge < -0.3 is 15.0 Å². The zero-order chi connectivity index (χ0) is 10.7. The summed E-state index contributed by atoms with van der Waals surface area (Å²) in [5, 5.41) is 2.86. The average Bonchev–Trinajstić information content (AvgIpc) is 2.65. The van der Waals surface area contributed by atoms with Crippen molar-refractivity contribution in [2.24, 2.45) is 0 Å². The van der Waals surface area contributed by atoms with Gasteiger partial charge in [0.1, 0.15) is 6.61 Å². The van der Waals surface area contributed by atoms with E-state index in [0.717, 1.165) is 13.0 Å². The maximum Gasteiger partial charge on any atom is 0.407 e. The number of nitrogens with one attached hydrogen (secondary N) is 1. The van der Waals surface area contributed by atoms with Gasteiger partial charge in [-0.1, -0.05) is 13.3 Å². The highest BCUT2D eigenvalue weighted by Gasteiger charge is 2.28. The van der Waals surface area contributed by atoms with Crippen LogP contribution in [0.2, 0.25) is 0 Å². The lowest BCUT2D eigenvalue weighted by atomic mass is 9.96. The van der Waals surface area contributed by atoms with Gasteiger partial charge in [0.2, 0.25) is 0 Å². The van der Waals surface area contributed by atoms with Crippen molar-refractivity contribution in [1.29, 1.82) is 0 Å². The third-order valence-corrected chi connectivity index (χ3v) is 3.45. The number of rotatable bonds is 3. The van der Waals surface area contributed by atoms with Crippen molar-refractivity contribution < 1.29 is 9.53 Å². The van der Waals surface area contributed by atoms with Crippen LogP contribution in [0.4, 0.5) is 4.79 Å². The topological polar surface area (TPSA) is 41.6 Å². The molecule has 2 saturated heterocycles. The summed E-state index contributed by atoms with van der Waals surface area (Å²) in [4.78, 5) is 13.4. The lowest BCUT2D eigenvalue weighted by Crippen LogP contribution is -2.43.